The second kappa shape index (κ2) is 9.20. The van der Waals surface area contributed by atoms with Crippen LogP contribution in [0.4, 0.5) is 0 Å². The van der Waals surface area contributed by atoms with Gasteiger partial charge in [0.15, 0.2) is 6.29 Å². The van der Waals surface area contributed by atoms with Crippen molar-refractivity contribution in [3.8, 4) is 0 Å². The van der Waals surface area contributed by atoms with E-state index in [1.54, 1.807) is 14.0 Å². The van der Waals surface area contributed by atoms with E-state index in [0.717, 1.165) is 0 Å². The zero-order chi connectivity index (χ0) is 19.5. The molecule has 2 fully saturated rings. The van der Waals surface area contributed by atoms with E-state index in [1.165, 1.54) is 0 Å². The predicted molar refractivity (Wildman–Crippen MR) is 94.2 cm³/mol. The molecule has 10 heteroatoms. The van der Waals surface area contributed by atoms with Crippen LogP contribution >= 0.6 is 0 Å². The fourth-order valence-corrected chi connectivity index (χ4v) is 3.75. The number of likely N-dealkylation sites (N-methyl/N-ethyl adjacent to an activating group) is 1. The number of ether oxygens (including phenoxy) is 2. The van der Waals surface area contributed by atoms with Gasteiger partial charge in [0.1, 0.15) is 17.8 Å². The second-order valence-electron chi connectivity index (χ2n) is 7.60. The van der Waals surface area contributed by atoms with Crippen LogP contribution in [0.2, 0.25) is 0 Å². The normalized spacial score (nSPS) is 45.5. The first-order chi connectivity index (χ1) is 12.2. The average Bonchev–Trinajstić information content (AvgIpc) is 2.57. The van der Waals surface area contributed by atoms with E-state index in [-0.39, 0.29) is 31.8 Å². The zero-order valence-corrected chi connectivity index (χ0v) is 15.4. The van der Waals surface area contributed by atoms with Gasteiger partial charge in [-0.3, -0.25) is 0 Å². The second-order valence-corrected chi connectivity index (χ2v) is 7.60. The summed E-state index contributed by atoms with van der Waals surface area (Å²) in [6, 6.07) is -1.18. The molecule has 1 unspecified atom stereocenters. The molecule has 2 rings (SSSR count). The molecular formula is C16H34N4O6. The molecule has 0 amide bonds. The van der Waals surface area contributed by atoms with Crippen LogP contribution in [0.25, 0.3) is 0 Å². The van der Waals surface area contributed by atoms with Gasteiger partial charge in [0.2, 0.25) is 0 Å². The van der Waals surface area contributed by atoms with Gasteiger partial charge in [-0.1, -0.05) is 0 Å². The van der Waals surface area contributed by atoms with Crippen LogP contribution in [0, 0.1) is 0 Å². The Kier molecular flexibility index (Phi) is 7.74. The molecule has 0 aromatic heterocycles. The summed E-state index contributed by atoms with van der Waals surface area (Å²) in [4.78, 5) is 0. The van der Waals surface area contributed by atoms with Crippen LogP contribution in [0.3, 0.4) is 0 Å². The number of nitrogens with two attached hydrogens (primary N) is 2. The first-order valence-electron chi connectivity index (χ1n) is 9.09. The van der Waals surface area contributed by atoms with Gasteiger partial charge in [0.05, 0.1) is 24.9 Å². The minimum Gasteiger partial charge on any atom is -0.390 e. The van der Waals surface area contributed by atoms with E-state index in [1.807, 2.05) is 0 Å². The molecule has 154 valence electrons. The standard InChI is InChI=1S/C16H34N4O6/c1-16(24)7-25-15(12(23)14(16)19-2)26-13-10(20-6-9(21)5-17)3-8(18)4-11(13)22/h8-15,19-24H,3-7,17-18H2,1-2H3/t8-,9?,10+,11-,12+,13-,14+,15+,16-/m0/s1. The summed E-state index contributed by atoms with van der Waals surface area (Å²) >= 11 is 0. The molecule has 0 bridgehead atoms. The molecule has 1 aliphatic carbocycles. The van der Waals surface area contributed by atoms with Crippen LogP contribution in [-0.4, -0.2) is 102 Å². The molecule has 0 spiro atoms. The predicted octanol–water partition coefficient (Wildman–Crippen LogP) is -3.81. The van der Waals surface area contributed by atoms with E-state index in [2.05, 4.69) is 10.6 Å². The van der Waals surface area contributed by atoms with Crippen molar-refractivity contribution in [2.24, 2.45) is 11.5 Å². The number of rotatable bonds is 7. The molecule has 9 atom stereocenters. The maximum atomic E-state index is 10.5. The molecular weight excluding hydrogens is 344 g/mol. The van der Waals surface area contributed by atoms with Gasteiger partial charge >= 0.3 is 0 Å². The minimum atomic E-state index is -1.25. The summed E-state index contributed by atoms with van der Waals surface area (Å²) in [6.45, 7) is 1.90. The smallest absolute Gasteiger partial charge is 0.185 e. The Labute approximate surface area is 153 Å². The first kappa shape index (κ1) is 21.9. The van der Waals surface area contributed by atoms with E-state index in [9.17, 15) is 20.4 Å². The lowest BCUT2D eigenvalue weighted by molar-refractivity contribution is -0.293. The third-order valence-electron chi connectivity index (χ3n) is 5.20. The molecule has 26 heavy (non-hydrogen) atoms. The summed E-state index contributed by atoms with van der Waals surface area (Å²) in [6.07, 6.45) is -3.48. The van der Waals surface area contributed by atoms with Crippen molar-refractivity contribution in [3.05, 3.63) is 0 Å². The van der Waals surface area contributed by atoms with Crippen LogP contribution in [0.1, 0.15) is 19.8 Å². The molecule has 2 aliphatic rings. The lowest BCUT2D eigenvalue weighted by Gasteiger charge is -2.47. The van der Waals surface area contributed by atoms with Gasteiger partial charge in [-0.15, -0.1) is 0 Å². The largest absolute Gasteiger partial charge is 0.390 e. The molecule has 1 heterocycles. The monoisotopic (exact) mass is 378 g/mol. The molecule has 1 saturated heterocycles. The maximum Gasteiger partial charge on any atom is 0.185 e. The van der Waals surface area contributed by atoms with Gasteiger partial charge < -0.3 is 52.0 Å². The third-order valence-corrected chi connectivity index (χ3v) is 5.20. The molecule has 0 radical (unpaired) electrons. The van der Waals surface area contributed by atoms with Crippen molar-refractivity contribution >= 4 is 0 Å². The van der Waals surface area contributed by atoms with Crippen molar-refractivity contribution in [2.75, 3.05) is 26.7 Å². The van der Waals surface area contributed by atoms with Crippen molar-refractivity contribution in [1.82, 2.24) is 10.6 Å². The van der Waals surface area contributed by atoms with Crippen LogP contribution < -0.4 is 22.1 Å². The molecule has 1 saturated carbocycles. The fourth-order valence-electron chi connectivity index (χ4n) is 3.75. The highest BCUT2D eigenvalue weighted by atomic mass is 16.7. The van der Waals surface area contributed by atoms with E-state index < -0.39 is 42.3 Å². The zero-order valence-electron chi connectivity index (χ0n) is 15.4. The fraction of sp³-hybridized carbons (Fsp3) is 1.00. The summed E-state index contributed by atoms with van der Waals surface area (Å²) in [5.41, 5.74) is 10.2. The molecule has 1 aliphatic heterocycles. The van der Waals surface area contributed by atoms with Crippen molar-refractivity contribution in [2.45, 2.75) is 74.2 Å². The molecule has 10 N–H and O–H groups in total. The lowest BCUT2D eigenvalue weighted by atomic mass is 9.86. The molecule has 0 aromatic carbocycles. The SMILES string of the molecule is CN[C@@H]1[C@@H](O)[C@@H](O[C@@H]2[C@@H](O)C[C@@H](N)C[C@H]2NCC(O)CN)OC[C@]1(C)O. The van der Waals surface area contributed by atoms with Crippen molar-refractivity contribution in [1.29, 1.82) is 0 Å². The lowest BCUT2D eigenvalue weighted by Crippen LogP contribution is -2.67. The summed E-state index contributed by atoms with van der Waals surface area (Å²) in [5.74, 6) is 0. The Balaban J connectivity index is 2.05. The van der Waals surface area contributed by atoms with Crippen molar-refractivity contribution in [3.63, 3.8) is 0 Å². The highest BCUT2D eigenvalue weighted by molar-refractivity contribution is 4.99. The summed E-state index contributed by atoms with van der Waals surface area (Å²) in [7, 11) is 1.64. The van der Waals surface area contributed by atoms with E-state index >= 15 is 0 Å². The first-order valence-corrected chi connectivity index (χ1v) is 9.09. The van der Waals surface area contributed by atoms with E-state index in [4.69, 9.17) is 20.9 Å². The van der Waals surface area contributed by atoms with Gasteiger partial charge in [-0.2, -0.15) is 0 Å². The summed E-state index contributed by atoms with van der Waals surface area (Å²) < 4.78 is 11.4. The van der Waals surface area contributed by atoms with E-state index in [0.29, 0.717) is 12.8 Å². The van der Waals surface area contributed by atoms with Gasteiger partial charge in [0.25, 0.3) is 0 Å². The summed E-state index contributed by atoms with van der Waals surface area (Å²) in [5, 5.41) is 47.0. The Hall–Kier alpha value is -0.400. The van der Waals surface area contributed by atoms with Gasteiger partial charge in [0, 0.05) is 25.2 Å². The van der Waals surface area contributed by atoms with Crippen LogP contribution in [0.5, 0.6) is 0 Å². The Morgan fingerprint density at radius 3 is 2.65 bits per heavy atom. The quantitative estimate of drug-likeness (QED) is 0.219. The topological polar surface area (TPSA) is 175 Å². The number of hydrogen-bond donors (Lipinski definition) is 8. The highest BCUT2D eigenvalue weighted by Gasteiger charge is 2.48. The molecule has 10 nitrogen and oxygen atoms in total. The minimum absolute atomic E-state index is 0.0213. The van der Waals surface area contributed by atoms with Crippen LogP contribution in [0.15, 0.2) is 0 Å². The number of aliphatic hydroxyl groups excluding tert-OH is 3. The van der Waals surface area contributed by atoms with Gasteiger partial charge in [-0.05, 0) is 26.8 Å². The Morgan fingerprint density at radius 2 is 2.04 bits per heavy atom. The number of nitrogens with one attached hydrogen (secondary N) is 2. The molecule has 0 aromatic rings. The Morgan fingerprint density at radius 1 is 1.35 bits per heavy atom. The Bertz CT molecular complexity index is 443. The average molecular weight is 378 g/mol. The highest BCUT2D eigenvalue weighted by Crippen LogP contribution is 2.29. The maximum absolute atomic E-state index is 10.5. The number of aliphatic hydroxyl groups is 4. The van der Waals surface area contributed by atoms with Crippen LogP contribution in [-0.2, 0) is 9.47 Å². The third kappa shape index (κ3) is 5.10. The number of hydrogen-bond acceptors (Lipinski definition) is 10. The van der Waals surface area contributed by atoms with Crippen molar-refractivity contribution < 1.29 is 29.9 Å². The van der Waals surface area contributed by atoms with Gasteiger partial charge in [-0.25, -0.2) is 0 Å².